The van der Waals surface area contributed by atoms with Gasteiger partial charge >= 0.3 is 6.18 Å². The molecule has 2 heterocycles. The molecule has 0 radical (unpaired) electrons. The molecule has 0 saturated carbocycles. The van der Waals surface area contributed by atoms with Crippen molar-refractivity contribution in [3.63, 3.8) is 0 Å². The van der Waals surface area contributed by atoms with Crippen LogP contribution in [0.4, 0.5) is 13.2 Å². The molecule has 2 aromatic rings. The monoisotopic (exact) mass is 354 g/mol. The van der Waals surface area contributed by atoms with Gasteiger partial charge in [0.1, 0.15) is 0 Å². The van der Waals surface area contributed by atoms with Gasteiger partial charge in [-0.3, -0.25) is 4.90 Å². The molecule has 1 aromatic carbocycles. The zero-order valence-corrected chi connectivity index (χ0v) is 14.2. The van der Waals surface area contributed by atoms with Gasteiger partial charge in [-0.2, -0.15) is 18.2 Å². The Bertz CT molecular complexity index is 716. The Balaban J connectivity index is 1.87. The number of halogens is 3. The molecule has 1 fully saturated rings. The molecule has 2 atom stereocenters. The largest absolute Gasteiger partial charge is 0.416 e. The average Bonchev–Trinajstić information content (AvgIpc) is 3.05. The first-order valence-corrected chi connectivity index (χ1v) is 8.31. The van der Waals surface area contributed by atoms with E-state index in [1.54, 1.807) is 6.07 Å². The van der Waals surface area contributed by atoms with Crippen LogP contribution in [0, 0.1) is 0 Å². The molecule has 0 aliphatic carbocycles. The van der Waals surface area contributed by atoms with E-state index in [9.17, 15) is 13.2 Å². The van der Waals surface area contributed by atoms with Crippen LogP contribution in [0.15, 0.2) is 28.8 Å². The highest BCUT2D eigenvalue weighted by atomic mass is 19.4. The Morgan fingerprint density at radius 1 is 1.40 bits per heavy atom. The first-order valence-electron chi connectivity index (χ1n) is 8.31. The zero-order valence-electron chi connectivity index (χ0n) is 14.2. The van der Waals surface area contributed by atoms with Crippen LogP contribution in [-0.4, -0.2) is 41.7 Å². The number of nitrogens with zero attached hydrogens (tertiary/aromatic N) is 3. The third-order valence-corrected chi connectivity index (χ3v) is 4.59. The topological polar surface area (TPSA) is 54.2 Å². The van der Waals surface area contributed by atoms with Crippen molar-refractivity contribution in [2.45, 2.75) is 31.5 Å². The van der Waals surface area contributed by atoms with E-state index in [1.807, 2.05) is 14.0 Å². The highest BCUT2D eigenvalue weighted by Gasteiger charge is 2.32. The second-order valence-corrected chi connectivity index (χ2v) is 6.28. The summed E-state index contributed by atoms with van der Waals surface area (Å²) >= 11 is 0. The van der Waals surface area contributed by atoms with Gasteiger partial charge in [-0.1, -0.05) is 30.3 Å². The minimum Gasteiger partial charge on any atom is -0.339 e. The maximum Gasteiger partial charge on any atom is 0.416 e. The van der Waals surface area contributed by atoms with E-state index in [0.717, 1.165) is 31.8 Å². The van der Waals surface area contributed by atoms with Crippen molar-refractivity contribution < 1.29 is 17.7 Å². The Labute approximate surface area is 144 Å². The third kappa shape index (κ3) is 3.85. The highest BCUT2D eigenvalue weighted by molar-refractivity contribution is 5.31. The lowest BCUT2D eigenvalue weighted by Crippen LogP contribution is -2.44. The van der Waals surface area contributed by atoms with Crippen molar-refractivity contribution in [2.75, 3.05) is 26.7 Å². The molecule has 0 amide bonds. The van der Waals surface area contributed by atoms with Gasteiger partial charge in [0.05, 0.1) is 17.5 Å². The first-order chi connectivity index (χ1) is 11.9. The van der Waals surface area contributed by atoms with Crippen molar-refractivity contribution in [1.82, 2.24) is 20.4 Å². The van der Waals surface area contributed by atoms with E-state index in [1.165, 1.54) is 6.07 Å². The predicted molar refractivity (Wildman–Crippen MR) is 86.1 cm³/mol. The summed E-state index contributed by atoms with van der Waals surface area (Å²) in [6.07, 6.45) is -3.80. The number of hydrogen-bond donors (Lipinski definition) is 1. The summed E-state index contributed by atoms with van der Waals surface area (Å²) in [5, 5.41) is 7.35. The van der Waals surface area contributed by atoms with Crippen LogP contribution >= 0.6 is 0 Å². The van der Waals surface area contributed by atoms with Crippen LogP contribution < -0.4 is 5.32 Å². The predicted octanol–water partition coefficient (Wildman–Crippen LogP) is 3.21. The number of nitrogens with one attached hydrogen (secondary N) is 1. The maximum absolute atomic E-state index is 13.0. The number of hydrogen-bond acceptors (Lipinski definition) is 5. The van der Waals surface area contributed by atoms with E-state index in [2.05, 4.69) is 20.4 Å². The molecule has 0 spiro atoms. The summed E-state index contributed by atoms with van der Waals surface area (Å²) in [6.45, 7) is 4.39. The van der Waals surface area contributed by atoms with Crippen molar-refractivity contribution in [3.8, 4) is 0 Å². The molecule has 1 aromatic heterocycles. The van der Waals surface area contributed by atoms with Gasteiger partial charge in [-0.05, 0) is 25.1 Å². The third-order valence-electron chi connectivity index (χ3n) is 4.59. The first kappa shape index (κ1) is 17.9. The number of benzene rings is 1. The number of likely N-dealkylation sites (N-methyl/N-ethyl adjacent to an activating group) is 1. The van der Waals surface area contributed by atoms with Crippen LogP contribution in [0.5, 0.6) is 0 Å². The Morgan fingerprint density at radius 2 is 2.20 bits per heavy atom. The van der Waals surface area contributed by atoms with Crippen LogP contribution in [0.2, 0.25) is 0 Å². The average molecular weight is 354 g/mol. The number of alkyl halides is 3. The molecule has 1 aliphatic rings. The Hall–Kier alpha value is -1.93. The second kappa shape index (κ2) is 7.13. The fourth-order valence-electron chi connectivity index (χ4n) is 3.10. The molecule has 1 N–H and O–H groups in total. The summed E-state index contributed by atoms with van der Waals surface area (Å²) in [6, 6.07) is 5.31. The van der Waals surface area contributed by atoms with Crippen molar-refractivity contribution in [1.29, 1.82) is 0 Å². The zero-order chi connectivity index (χ0) is 18.0. The van der Waals surface area contributed by atoms with Gasteiger partial charge in [-0.15, -0.1) is 0 Å². The standard InChI is InChI=1S/C17H21F3N4O/c1-3-13(11-5-4-6-12(9-11)17(18,19)20)16-22-15(23-25-16)14-10-21-7-8-24(14)2/h4-6,9,13-14,21H,3,7-8,10H2,1-2H3. The van der Waals surface area contributed by atoms with E-state index in [0.29, 0.717) is 23.7 Å². The molecule has 2 unspecified atom stereocenters. The van der Waals surface area contributed by atoms with Gasteiger partial charge < -0.3 is 9.84 Å². The van der Waals surface area contributed by atoms with Crippen LogP contribution in [0.3, 0.4) is 0 Å². The molecular formula is C17H21F3N4O. The van der Waals surface area contributed by atoms with Crippen LogP contribution in [0.25, 0.3) is 0 Å². The van der Waals surface area contributed by atoms with Gasteiger partial charge in [0.15, 0.2) is 5.82 Å². The van der Waals surface area contributed by atoms with Gasteiger partial charge in [0.25, 0.3) is 0 Å². The summed E-state index contributed by atoms with van der Waals surface area (Å²) in [5.41, 5.74) is -0.137. The lowest BCUT2D eigenvalue weighted by Gasteiger charge is -2.30. The molecular weight excluding hydrogens is 333 g/mol. The fourth-order valence-corrected chi connectivity index (χ4v) is 3.10. The van der Waals surface area contributed by atoms with Crippen molar-refractivity contribution in [2.24, 2.45) is 0 Å². The SMILES string of the molecule is CCC(c1cccc(C(F)(F)F)c1)c1nc(C2CNCCN2C)no1. The highest BCUT2D eigenvalue weighted by Crippen LogP contribution is 2.34. The van der Waals surface area contributed by atoms with E-state index < -0.39 is 11.7 Å². The minimum atomic E-state index is -4.37. The quantitative estimate of drug-likeness (QED) is 0.914. The Kier molecular flexibility index (Phi) is 5.10. The normalized spacial score (nSPS) is 20.6. The van der Waals surface area contributed by atoms with E-state index in [-0.39, 0.29) is 12.0 Å². The molecule has 25 heavy (non-hydrogen) atoms. The maximum atomic E-state index is 13.0. The van der Waals surface area contributed by atoms with Crippen molar-refractivity contribution in [3.05, 3.63) is 47.1 Å². The van der Waals surface area contributed by atoms with Gasteiger partial charge in [-0.25, -0.2) is 0 Å². The molecule has 3 rings (SSSR count). The summed E-state index contributed by atoms with van der Waals surface area (Å²) in [5.74, 6) is 0.566. The van der Waals surface area contributed by atoms with E-state index in [4.69, 9.17) is 4.52 Å². The van der Waals surface area contributed by atoms with Crippen LogP contribution in [-0.2, 0) is 6.18 Å². The lowest BCUT2D eigenvalue weighted by molar-refractivity contribution is -0.137. The second-order valence-electron chi connectivity index (χ2n) is 6.28. The lowest BCUT2D eigenvalue weighted by atomic mass is 9.94. The summed E-state index contributed by atoms with van der Waals surface area (Å²) in [7, 11) is 1.99. The van der Waals surface area contributed by atoms with Crippen LogP contribution in [0.1, 0.15) is 48.1 Å². The number of rotatable bonds is 4. The molecule has 8 heteroatoms. The van der Waals surface area contributed by atoms with Gasteiger partial charge in [0, 0.05) is 19.6 Å². The molecule has 1 aliphatic heterocycles. The smallest absolute Gasteiger partial charge is 0.339 e. The minimum absolute atomic E-state index is 0.00488. The van der Waals surface area contributed by atoms with Gasteiger partial charge in [0.2, 0.25) is 5.89 Å². The fraction of sp³-hybridized carbons (Fsp3) is 0.529. The molecule has 136 valence electrons. The van der Waals surface area contributed by atoms with Crippen molar-refractivity contribution >= 4 is 0 Å². The Morgan fingerprint density at radius 3 is 2.88 bits per heavy atom. The number of aromatic nitrogens is 2. The summed E-state index contributed by atoms with van der Waals surface area (Å²) < 4.78 is 44.3. The molecule has 1 saturated heterocycles. The molecule has 5 nitrogen and oxygen atoms in total. The summed E-state index contributed by atoms with van der Waals surface area (Å²) in [4.78, 5) is 6.62. The molecule has 0 bridgehead atoms. The number of piperazine rings is 1. The van der Waals surface area contributed by atoms with E-state index >= 15 is 0 Å².